The van der Waals surface area contributed by atoms with Gasteiger partial charge in [0, 0.05) is 19.3 Å². The van der Waals surface area contributed by atoms with Gasteiger partial charge in [-0.15, -0.1) is 0 Å². The van der Waals surface area contributed by atoms with Crippen molar-refractivity contribution in [3.63, 3.8) is 0 Å². The molecule has 0 unspecified atom stereocenters. The van der Waals surface area contributed by atoms with Gasteiger partial charge in [0.05, 0.1) is 5.92 Å². The van der Waals surface area contributed by atoms with Crippen molar-refractivity contribution >= 4 is 5.97 Å². The highest BCUT2D eigenvalue weighted by Crippen LogP contribution is 2.14. The average molecular weight is 159 g/mol. The summed E-state index contributed by atoms with van der Waals surface area (Å²) in [6, 6.07) is -0.241. The van der Waals surface area contributed by atoms with E-state index in [1.54, 1.807) is 0 Å². The molecule has 4 heteroatoms. The number of carboxylic acid groups (broad SMARTS) is 1. The third-order valence-electron chi connectivity index (χ3n) is 2.00. The van der Waals surface area contributed by atoms with E-state index in [9.17, 15) is 4.79 Å². The van der Waals surface area contributed by atoms with E-state index >= 15 is 0 Å². The molecule has 1 aliphatic heterocycles. The molecule has 1 saturated heterocycles. The summed E-state index contributed by atoms with van der Waals surface area (Å²) in [5, 5.41) is 8.70. The van der Waals surface area contributed by atoms with Gasteiger partial charge in [-0.3, -0.25) is 4.79 Å². The maximum Gasteiger partial charge on any atom is 0.308 e. The van der Waals surface area contributed by atoms with Crippen LogP contribution in [0.15, 0.2) is 0 Å². The molecule has 2 atom stereocenters. The molecule has 4 nitrogen and oxygen atoms in total. The average Bonchev–Trinajstić information content (AvgIpc) is 2.13. The van der Waals surface area contributed by atoms with Crippen LogP contribution in [0.25, 0.3) is 0 Å². The van der Waals surface area contributed by atoms with E-state index < -0.39 is 11.9 Å². The van der Waals surface area contributed by atoms with Gasteiger partial charge in [-0.25, -0.2) is 0 Å². The lowest BCUT2D eigenvalue weighted by molar-refractivity contribution is -0.142. The molecule has 0 amide bonds. The second-order valence-corrected chi connectivity index (χ2v) is 2.80. The van der Waals surface area contributed by atoms with Crippen molar-refractivity contribution in [3.8, 4) is 0 Å². The minimum Gasteiger partial charge on any atom is -0.481 e. The molecular formula is C7H13NO3. The van der Waals surface area contributed by atoms with E-state index in [2.05, 4.69) is 0 Å². The summed E-state index contributed by atoms with van der Waals surface area (Å²) in [7, 11) is 0. The number of carbonyl (C=O) groups is 1. The first kappa shape index (κ1) is 8.49. The quantitative estimate of drug-likeness (QED) is 0.557. The summed E-state index contributed by atoms with van der Waals surface area (Å²) >= 11 is 0. The fourth-order valence-electron chi connectivity index (χ4n) is 1.25. The molecule has 0 aromatic heterocycles. The Bertz CT molecular complexity index is 149. The molecule has 0 bridgehead atoms. The lowest BCUT2D eigenvalue weighted by atomic mass is 9.96. The fraction of sp³-hybridized carbons (Fsp3) is 0.857. The van der Waals surface area contributed by atoms with Crippen LogP contribution in [0.1, 0.15) is 12.8 Å². The monoisotopic (exact) mass is 159 g/mol. The smallest absolute Gasteiger partial charge is 0.308 e. The molecule has 0 aliphatic carbocycles. The highest BCUT2D eigenvalue weighted by molar-refractivity contribution is 5.70. The van der Waals surface area contributed by atoms with E-state index in [0.29, 0.717) is 26.1 Å². The second-order valence-electron chi connectivity index (χ2n) is 2.80. The van der Waals surface area contributed by atoms with Gasteiger partial charge in [0.2, 0.25) is 0 Å². The molecule has 0 saturated carbocycles. The van der Waals surface area contributed by atoms with Gasteiger partial charge in [0.1, 0.15) is 0 Å². The van der Waals surface area contributed by atoms with Crippen molar-refractivity contribution < 1.29 is 14.6 Å². The predicted octanol–water partition coefficient (Wildman–Crippen LogP) is -0.175. The Morgan fingerprint density at radius 3 is 2.73 bits per heavy atom. The summed E-state index contributed by atoms with van der Waals surface area (Å²) in [6.07, 6.45) is 1.19. The Morgan fingerprint density at radius 1 is 1.45 bits per heavy atom. The van der Waals surface area contributed by atoms with Crippen molar-refractivity contribution in [3.05, 3.63) is 0 Å². The molecule has 1 aliphatic rings. The number of rotatable bonds is 1. The largest absolute Gasteiger partial charge is 0.481 e. The van der Waals surface area contributed by atoms with Gasteiger partial charge in [-0.2, -0.15) is 0 Å². The molecule has 1 fully saturated rings. The van der Waals surface area contributed by atoms with Gasteiger partial charge >= 0.3 is 5.97 Å². The first-order chi connectivity index (χ1) is 5.22. The third kappa shape index (κ3) is 2.17. The molecule has 0 spiro atoms. The first-order valence-corrected chi connectivity index (χ1v) is 3.78. The maximum atomic E-state index is 10.6. The Balaban J connectivity index is 2.52. The highest BCUT2D eigenvalue weighted by atomic mass is 16.5. The molecule has 0 aromatic rings. The zero-order chi connectivity index (χ0) is 8.27. The van der Waals surface area contributed by atoms with E-state index in [-0.39, 0.29) is 6.04 Å². The zero-order valence-electron chi connectivity index (χ0n) is 6.32. The number of aliphatic carboxylic acids is 1. The van der Waals surface area contributed by atoms with Gasteiger partial charge in [-0.05, 0) is 12.8 Å². The predicted molar refractivity (Wildman–Crippen MR) is 39.2 cm³/mol. The highest BCUT2D eigenvalue weighted by Gasteiger charge is 2.26. The molecule has 64 valence electrons. The summed E-state index contributed by atoms with van der Waals surface area (Å²) in [4.78, 5) is 10.6. The maximum absolute atomic E-state index is 10.6. The van der Waals surface area contributed by atoms with Crippen LogP contribution < -0.4 is 5.73 Å². The Hall–Kier alpha value is -0.610. The van der Waals surface area contributed by atoms with Crippen molar-refractivity contribution in [1.29, 1.82) is 0 Å². The molecule has 0 radical (unpaired) electrons. The van der Waals surface area contributed by atoms with Crippen LogP contribution in [0.2, 0.25) is 0 Å². The third-order valence-corrected chi connectivity index (χ3v) is 2.00. The van der Waals surface area contributed by atoms with Crippen LogP contribution in [0.5, 0.6) is 0 Å². The first-order valence-electron chi connectivity index (χ1n) is 3.78. The molecule has 3 N–H and O–H groups in total. The van der Waals surface area contributed by atoms with E-state index in [4.69, 9.17) is 15.6 Å². The summed E-state index contributed by atoms with van der Waals surface area (Å²) < 4.78 is 5.10. The van der Waals surface area contributed by atoms with Gasteiger partial charge < -0.3 is 15.6 Å². The summed E-state index contributed by atoms with van der Waals surface area (Å²) in [6.45, 7) is 1.11. The van der Waals surface area contributed by atoms with Crippen molar-refractivity contribution in [2.75, 3.05) is 13.2 Å². The second kappa shape index (κ2) is 3.69. The lowest BCUT2D eigenvalue weighted by Gasteiger charge is -2.14. The van der Waals surface area contributed by atoms with Crippen molar-refractivity contribution in [2.24, 2.45) is 11.7 Å². The van der Waals surface area contributed by atoms with Gasteiger partial charge in [0.15, 0.2) is 0 Å². The van der Waals surface area contributed by atoms with Crippen LogP contribution in [-0.2, 0) is 9.53 Å². The molecule has 1 rings (SSSR count). The molecule has 11 heavy (non-hydrogen) atoms. The standard InChI is InChI=1S/C7H13NO3/c8-6-2-4-11-3-1-5(6)7(9)10/h5-6H,1-4,8H2,(H,9,10)/t5-,6-/m1/s1. The van der Waals surface area contributed by atoms with Crippen molar-refractivity contribution in [2.45, 2.75) is 18.9 Å². The van der Waals surface area contributed by atoms with E-state index in [1.165, 1.54) is 0 Å². The summed E-state index contributed by atoms with van der Waals surface area (Å²) in [5.74, 6) is -1.22. The van der Waals surface area contributed by atoms with Crippen LogP contribution in [0.4, 0.5) is 0 Å². The number of hydrogen-bond donors (Lipinski definition) is 2. The van der Waals surface area contributed by atoms with Crippen LogP contribution in [0.3, 0.4) is 0 Å². The zero-order valence-corrected chi connectivity index (χ0v) is 6.32. The minimum atomic E-state index is -0.803. The number of ether oxygens (including phenoxy) is 1. The molecule has 1 heterocycles. The van der Waals surface area contributed by atoms with E-state index in [1.807, 2.05) is 0 Å². The topological polar surface area (TPSA) is 72.5 Å². The Labute approximate surface area is 65.3 Å². The number of nitrogens with two attached hydrogens (primary N) is 1. The Kier molecular flexibility index (Phi) is 2.84. The minimum absolute atomic E-state index is 0.241. The van der Waals surface area contributed by atoms with Crippen LogP contribution in [0, 0.1) is 5.92 Å². The molecular weight excluding hydrogens is 146 g/mol. The SMILES string of the molecule is N[C@@H]1CCOCC[C@H]1C(=O)O. The van der Waals surface area contributed by atoms with Crippen LogP contribution >= 0.6 is 0 Å². The normalized spacial score (nSPS) is 32.8. The van der Waals surface area contributed by atoms with E-state index in [0.717, 1.165) is 0 Å². The van der Waals surface area contributed by atoms with Crippen LogP contribution in [-0.4, -0.2) is 30.3 Å². The Morgan fingerprint density at radius 2 is 2.09 bits per heavy atom. The number of carboxylic acids is 1. The summed E-state index contributed by atoms with van der Waals surface area (Å²) in [5.41, 5.74) is 5.62. The molecule has 0 aromatic carbocycles. The lowest BCUT2D eigenvalue weighted by Crippen LogP contribution is -2.35. The van der Waals surface area contributed by atoms with Gasteiger partial charge in [0.25, 0.3) is 0 Å². The number of hydrogen-bond acceptors (Lipinski definition) is 3. The fourth-order valence-corrected chi connectivity index (χ4v) is 1.25. The van der Waals surface area contributed by atoms with Crippen molar-refractivity contribution in [1.82, 2.24) is 0 Å². The van der Waals surface area contributed by atoms with Gasteiger partial charge in [-0.1, -0.05) is 0 Å².